The van der Waals surface area contributed by atoms with Gasteiger partial charge in [-0.15, -0.1) is 10.2 Å². The van der Waals surface area contributed by atoms with Crippen LogP contribution in [0.25, 0.3) is 11.4 Å². The largest absolute Gasteiger partial charge is 0.288 e. The lowest BCUT2D eigenvalue weighted by atomic mass is 10.1. The molecule has 1 aromatic carbocycles. The molecule has 0 saturated carbocycles. The van der Waals surface area contributed by atoms with Gasteiger partial charge in [-0.1, -0.05) is 42.1 Å². The highest BCUT2D eigenvalue weighted by Gasteiger charge is 2.23. The van der Waals surface area contributed by atoms with Crippen molar-refractivity contribution in [1.29, 1.82) is 0 Å². The van der Waals surface area contributed by atoms with E-state index < -0.39 is 0 Å². The van der Waals surface area contributed by atoms with Crippen LogP contribution < -0.4 is 0 Å². The fourth-order valence-electron chi connectivity index (χ4n) is 2.78. The number of thioether (sulfide) groups is 1. The van der Waals surface area contributed by atoms with E-state index in [1.54, 1.807) is 11.8 Å². The second-order valence-electron chi connectivity index (χ2n) is 5.65. The van der Waals surface area contributed by atoms with E-state index in [0.29, 0.717) is 0 Å². The van der Waals surface area contributed by atoms with E-state index in [-0.39, 0.29) is 0 Å². The van der Waals surface area contributed by atoms with Crippen molar-refractivity contribution < 1.29 is 0 Å². The number of pyridine rings is 1. The molecule has 6 heteroatoms. The molecule has 1 aliphatic heterocycles. The van der Waals surface area contributed by atoms with Gasteiger partial charge in [-0.25, -0.2) is 0 Å². The summed E-state index contributed by atoms with van der Waals surface area (Å²) >= 11 is 1.73. The summed E-state index contributed by atoms with van der Waals surface area (Å²) in [6, 6.07) is 12.4. The third kappa shape index (κ3) is 2.87. The maximum Gasteiger partial charge on any atom is 0.193 e. The Morgan fingerprint density at radius 2 is 2.04 bits per heavy atom. The highest BCUT2D eigenvalue weighted by molar-refractivity contribution is 7.99. The maximum atomic E-state index is 4.42. The Kier molecular flexibility index (Phi) is 3.85. The van der Waals surface area contributed by atoms with Crippen molar-refractivity contribution in [3.63, 3.8) is 0 Å². The molecule has 1 aliphatic rings. The Balaban J connectivity index is 1.62. The van der Waals surface area contributed by atoms with Crippen molar-refractivity contribution >= 4 is 11.8 Å². The Morgan fingerprint density at radius 3 is 2.87 bits per heavy atom. The van der Waals surface area contributed by atoms with E-state index in [0.717, 1.165) is 35.6 Å². The molecule has 0 amide bonds. The van der Waals surface area contributed by atoms with E-state index in [9.17, 15) is 0 Å². The van der Waals surface area contributed by atoms with Gasteiger partial charge in [0.15, 0.2) is 11.0 Å². The van der Waals surface area contributed by atoms with Gasteiger partial charge in [0.1, 0.15) is 0 Å². The van der Waals surface area contributed by atoms with Crippen LogP contribution in [-0.2, 0) is 13.2 Å². The summed E-state index contributed by atoms with van der Waals surface area (Å²) in [5, 5.41) is 9.77. The van der Waals surface area contributed by atoms with E-state index in [2.05, 4.69) is 55.8 Å². The van der Waals surface area contributed by atoms with Gasteiger partial charge >= 0.3 is 0 Å². The van der Waals surface area contributed by atoms with Gasteiger partial charge in [0.05, 0.1) is 12.5 Å². The smallest absolute Gasteiger partial charge is 0.193 e. The minimum Gasteiger partial charge on any atom is -0.288 e. The van der Waals surface area contributed by atoms with Gasteiger partial charge in [0.2, 0.25) is 0 Å². The third-order valence-electron chi connectivity index (χ3n) is 3.95. The van der Waals surface area contributed by atoms with Crippen LogP contribution in [0.3, 0.4) is 0 Å². The summed E-state index contributed by atoms with van der Waals surface area (Å²) in [7, 11) is 0. The van der Waals surface area contributed by atoms with E-state index >= 15 is 0 Å². The van der Waals surface area contributed by atoms with Crippen LogP contribution in [0, 0.1) is 6.92 Å². The van der Waals surface area contributed by atoms with Crippen molar-refractivity contribution in [2.24, 2.45) is 0 Å². The Bertz CT molecular complexity index is 815. The molecule has 3 heterocycles. The van der Waals surface area contributed by atoms with Crippen molar-refractivity contribution in [3.05, 3.63) is 59.9 Å². The first-order valence-electron chi connectivity index (χ1n) is 7.54. The quantitative estimate of drug-likeness (QED) is 0.741. The lowest BCUT2D eigenvalue weighted by Gasteiger charge is -2.27. The molecule has 4 rings (SSSR count). The second kappa shape index (κ2) is 6.14. The lowest BCUT2D eigenvalue weighted by molar-refractivity contribution is 0.231. The van der Waals surface area contributed by atoms with E-state index in [1.807, 2.05) is 24.5 Å². The van der Waals surface area contributed by atoms with Crippen LogP contribution in [0.5, 0.6) is 0 Å². The minimum atomic E-state index is 0.799. The van der Waals surface area contributed by atoms with Crippen molar-refractivity contribution in [2.45, 2.75) is 25.3 Å². The Labute approximate surface area is 139 Å². The molecule has 3 aromatic rings. The van der Waals surface area contributed by atoms with Gasteiger partial charge in [-0.2, -0.15) is 0 Å². The van der Waals surface area contributed by atoms with Crippen LogP contribution >= 0.6 is 11.8 Å². The summed E-state index contributed by atoms with van der Waals surface area (Å²) in [5.41, 5.74) is 3.59. The topological polar surface area (TPSA) is 46.8 Å². The highest BCUT2D eigenvalue weighted by atomic mass is 32.2. The molecular weight excluding hydrogens is 306 g/mol. The first-order valence-corrected chi connectivity index (χ1v) is 8.53. The average Bonchev–Trinajstić information content (AvgIpc) is 2.99. The van der Waals surface area contributed by atoms with E-state index in [4.69, 9.17) is 0 Å². The highest BCUT2D eigenvalue weighted by Crippen LogP contribution is 2.30. The normalized spacial score (nSPS) is 14.7. The molecule has 0 spiro atoms. The van der Waals surface area contributed by atoms with Crippen LogP contribution in [0.15, 0.2) is 53.9 Å². The maximum absolute atomic E-state index is 4.42. The summed E-state index contributed by atoms with van der Waals surface area (Å²) in [6.07, 6.45) is 3.73. The molecular formula is C17H17N5S. The minimum absolute atomic E-state index is 0.799. The predicted octanol–water partition coefficient (Wildman–Crippen LogP) is 3.17. The average molecular weight is 323 g/mol. The van der Waals surface area contributed by atoms with Gasteiger partial charge in [-0.05, 0) is 24.1 Å². The molecule has 0 aliphatic carbocycles. The van der Waals surface area contributed by atoms with Crippen LogP contribution in [0.1, 0.15) is 11.1 Å². The molecule has 0 radical (unpaired) electrons. The molecule has 5 nitrogen and oxygen atoms in total. The van der Waals surface area contributed by atoms with Gasteiger partial charge < -0.3 is 0 Å². The SMILES string of the molecule is Cc1ccccc1-c1nnc2n1CN(Cc1cccnc1)CS2. The summed E-state index contributed by atoms with van der Waals surface area (Å²) in [5.74, 6) is 1.86. The zero-order chi connectivity index (χ0) is 15.6. The summed E-state index contributed by atoms with van der Waals surface area (Å²) < 4.78 is 2.20. The number of hydrogen-bond acceptors (Lipinski definition) is 5. The van der Waals surface area contributed by atoms with Crippen LogP contribution in [0.2, 0.25) is 0 Å². The standard InChI is InChI=1S/C17H17N5S/c1-13-5-2-3-7-15(13)16-19-20-17-22(16)11-21(12-23-17)10-14-6-4-8-18-9-14/h2-9H,10-12H2,1H3. The molecule has 0 atom stereocenters. The molecule has 0 bridgehead atoms. The lowest BCUT2D eigenvalue weighted by Crippen LogP contribution is -2.30. The fraction of sp³-hybridized carbons (Fsp3) is 0.235. The van der Waals surface area contributed by atoms with Crippen molar-refractivity contribution in [3.8, 4) is 11.4 Å². The number of aromatic nitrogens is 4. The zero-order valence-electron chi connectivity index (χ0n) is 12.9. The monoisotopic (exact) mass is 323 g/mol. The number of hydrogen-bond donors (Lipinski definition) is 0. The van der Waals surface area contributed by atoms with Gasteiger partial charge in [0, 0.05) is 24.5 Å². The molecule has 0 N–H and O–H groups in total. The Morgan fingerprint density at radius 1 is 1.13 bits per heavy atom. The summed E-state index contributed by atoms with van der Waals surface area (Å²) in [6.45, 7) is 3.79. The predicted molar refractivity (Wildman–Crippen MR) is 90.7 cm³/mol. The molecule has 0 fully saturated rings. The second-order valence-corrected chi connectivity index (χ2v) is 6.57. The first-order chi connectivity index (χ1) is 11.3. The molecule has 116 valence electrons. The zero-order valence-corrected chi connectivity index (χ0v) is 13.7. The Hall–Kier alpha value is -2.18. The molecule has 23 heavy (non-hydrogen) atoms. The number of nitrogens with zero attached hydrogens (tertiary/aromatic N) is 5. The number of benzene rings is 1. The molecule has 0 unspecified atom stereocenters. The van der Waals surface area contributed by atoms with Crippen LogP contribution in [-0.4, -0.2) is 30.5 Å². The van der Waals surface area contributed by atoms with Crippen molar-refractivity contribution in [1.82, 2.24) is 24.6 Å². The van der Waals surface area contributed by atoms with E-state index in [1.165, 1.54) is 11.1 Å². The number of aryl methyl sites for hydroxylation is 1. The first kappa shape index (κ1) is 14.4. The molecule has 2 aromatic heterocycles. The van der Waals surface area contributed by atoms with Gasteiger partial charge in [-0.3, -0.25) is 14.5 Å². The van der Waals surface area contributed by atoms with Gasteiger partial charge in [0.25, 0.3) is 0 Å². The number of fused-ring (bicyclic) bond motifs is 1. The number of rotatable bonds is 3. The fourth-order valence-corrected chi connectivity index (χ4v) is 3.65. The third-order valence-corrected chi connectivity index (χ3v) is 5.00. The summed E-state index contributed by atoms with van der Waals surface area (Å²) in [4.78, 5) is 6.57. The van der Waals surface area contributed by atoms with Crippen LogP contribution in [0.4, 0.5) is 0 Å². The van der Waals surface area contributed by atoms with Crippen molar-refractivity contribution in [2.75, 3.05) is 5.88 Å². The molecule has 0 saturated heterocycles.